The van der Waals surface area contributed by atoms with Crippen LogP contribution in [0.2, 0.25) is 0 Å². The fourth-order valence-corrected chi connectivity index (χ4v) is 5.54. The molecule has 0 radical (unpaired) electrons. The molecule has 10 heteroatoms. The average Bonchev–Trinajstić information content (AvgIpc) is 3.25. The van der Waals surface area contributed by atoms with Crippen LogP contribution >= 0.6 is 11.3 Å². The minimum Gasteiger partial charge on any atom is -0.379 e. The van der Waals surface area contributed by atoms with Crippen molar-refractivity contribution in [3.8, 4) is 10.8 Å². The Morgan fingerprint density at radius 3 is 2.53 bits per heavy atom. The molecule has 1 aliphatic heterocycles. The molecule has 0 saturated carbocycles. The van der Waals surface area contributed by atoms with E-state index in [1.807, 2.05) is 29.6 Å². The quantitative estimate of drug-likeness (QED) is 0.567. The molecule has 4 rings (SSSR count). The molecule has 1 aliphatic rings. The Labute approximate surface area is 180 Å². The smallest absolute Gasteiger partial charge is 0.218 e. The first kappa shape index (κ1) is 21.0. The molecule has 2 aromatic heterocycles. The topological polar surface area (TPSA) is 97.3 Å². The minimum atomic E-state index is -3.36. The Bertz CT molecular complexity index is 1070. The van der Waals surface area contributed by atoms with E-state index >= 15 is 0 Å². The summed E-state index contributed by atoms with van der Waals surface area (Å²) in [4.78, 5) is 13.0. The van der Waals surface area contributed by atoms with Crippen molar-refractivity contribution in [1.82, 2.24) is 24.6 Å². The molecule has 0 atom stereocenters. The molecular weight excluding hydrogens is 422 g/mol. The Hall–Kier alpha value is -2.24. The van der Waals surface area contributed by atoms with Gasteiger partial charge in [-0.25, -0.2) is 23.4 Å². The van der Waals surface area contributed by atoms with Gasteiger partial charge in [-0.05, 0) is 17.2 Å². The van der Waals surface area contributed by atoms with Gasteiger partial charge in [-0.3, -0.25) is 0 Å². The molecular formula is C20H23N5O3S2. The van der Waals surface area contributed by atoms with Crippen molar-refractivity contribution in [3.05, 3.63) is 64.9 Å². The predicted molar refractivity (Wildman–Crippen MR) is 115 cm³/mol. The van der Waals surface area contributed by atoms with Crippen molar-refractivity contribution in [2.75, 3.05) is 26.3 Å². The van der Waals surface area contributed by atoms with Gasteiger partial charge in [0.1, 0.15) is 0 Å². The molecule has 3 aromatic rings. The lowest BCUT2D eigenvalue weighted by molar-refractivity contribution is 0.0729. The number of thiazole rings is 1. The summed E-state index contributed by atoms with van der Waals surface area (Å²) in [6.07, 6.45) is 3.40. The van der Waals surface area contributed by atoms with Gasteiger partial charge in [0, 0.05) is 44.0 Å². The summed E-state index contributed by atoms with van der Waals surface area (Å²) in [6, 6.07) is 9.41. The first-order valence-corrected chi connectivity index (χ1v) is 12.2. The van der Waals surface area contributed by atoms with Crippen molar-refractivity contribution in [2.24, 2.45) is 0 Å². The van der Waals surface area contributed by atoms with E-state index in [-0.39, 0.29) is 5.75 Å². The van der Waals surface area contributed by atoms with Gasteiger partial charge in [-0.1, -0.05) is 24.3 Å². The van der Waals surface area contributed by atoms with Gasteiger partial charge < -0.3 is 10.1 Å². The van der Waals surface area contributed by atoms with Gasteiger partial charge >= 0.3 is 0 Å². The maximum atomic E-state index is 12.8. The van der Waals surface area contributed by atoms with Crippen LogP contribution in [-0.2, 0) is 33.6 Å². The third kappa shape index (κ3) is 5.27. The van der Waals surface area contributed by atoms with Crippen LogP contribution < -0.4 is 5.32 Å². The van der Waals surface area contributed by atoms with Crippen molar-refractivity contribution in [1.29, 1.82) is 0 Å². The van der Waals surface area contributed by atoms with Crippen LogP contribution in [-0.4, -0.2) is 54.0 Å². The monoisotopic (exact) mass is 445 g/mol. The number of rotatable bonds is 8. The Kier molecular flexibility index (Phi) is 6.80. The second kappa shape index (κ2) is 9.71. The summed E-state index contributed by atoms with van der Waals surface area (Å²) >= 11 is 1.50. The number of sulfonamides is 1. The van der Waals surface area contributed by atoms with Gasteiger partial charge in [0.25, 0.3) is 0 Å². The maximum Gasteiger partial charge on any atom is 0.218 e. The van der Waals surface area contributed by atoms with Crippen molar-refractivity contribution >= 4 is 21.4 Å². The van der Waals surface area contributed by atoms with Gasteiger partial charge in [0.15, 0.2) is 10.8 Å². The van der Waals surface area contributed by atoms with E-state index in [1.165, 1.54) is 15.6 Å². The third-order valence-electron chi connectivity index (χ3n) is 4.75. The first-order valence-electron chi connectivity index (χ1n) is 9.67. The number of nitrogens with one attached hydrogen (secondary N) is 1. The van der Waals surface area contributed by atoms with E-state index in [0.717, 1.165) is 21.8 Å². The van der Waals surface area contributed by atoms with Crippen molar-refractivity contribution in [2.45, 2.75) is 18.8 Å². The average molecular weight is 446 g/mol. The zero-order chi connectivity index (χ0) is 20.8. The highest BCUT2D eigenvalue weighted by atomic mass is 32.2. The SMILES string of the molecule is O=S(=O)(Cc1ccccc1CNCc1csc(-c2ncccn2)n1)N1CCOCC1. The highest BCUT2D eigenvalue weighted by Crippen LogP contribution is 2.20. The molecule has 158 valence electrons. The molecule has 0 spiro atoms. The van der Waals surface area contributed by atoms with Gasteiger partial charge in [0.2, 0.25) is 10.0 Å². The van der Waals surface area contributed by atoms with Crippen LogP contribution in [0.4, 0.5) is 0 Å². The van der Waals surface area contributed by atoms with Gasteiger partial charge in [-0.2, -0.15) is 4.31 Å². The van der Waals surface area contributed by atoms with E-state index in [9.17, 15) is 8.42 Å². The molecule has 3 heterocycles. The normalized spacial score (nSPS) is 15.3. The lowest BCUT2D eigenvalue weighted by atomic mass is 10.1. The Balaban J connectivity index is 1.37. The summed E-state index contributed by atoms with van der Waals surface area (Å²) in [5.74, 6) is 0.615. The number of morpholine rings is 1. The second-order valence-corrected chi connectivity index (χ2v) is 9.68. The van der Waals surface area contributed by atoms with Crippen LogP contribution in [0, 0.1) is 0 Å². The van der Waals surface area contributed by atoms with Crippen molar-refractivity contribution < 1.29 is 13.2 Å². The number of nitrogens with zero attached hydrogens (tertiary/aromatic N) is 4. The molecule has 0 aliphatic carbocycles. The summed E-state index contributed by atoms with van der Waals surface area (Å²) in [6.45, 7) is 2.87. The maximum absolute atomic E-state index is 12.8. The summed E-state index contributed by atoms with van der Waals surface area (Å²) in [5, 5.41) is 6.12. The molecule has 1 N–H and O–H groups in total. The van der Waals surface area contributed by atoms with Crippen molar-refractivity contribution in [3.63, 3.8) is 0 Å². The third-order valence-corrected chi connectivity index (χ3v) is 7.46. The van der Waals surface area contributed by atoms with E-state index in [4.69, 9.17) is 4.74 Å². The highest BCUT2D eigenvalue weighted by Gasteiger charge is 2.25. The number of hydrogen-bond acceptors (Lipinski definition) is 8. The van der Waals surface area contributed by atoms with Crippen LogP contribution in [0.5, 0.6) is 0 Å². The summed E-state index contributed by atoms with van der Waals surface area (Å²) in [7, 11) is -3.36. The zero-order valence-electron chi connectivity index (χ0n) is 16.4. The van der Waals surface area contributed by atoms with Gasteiger partial charge in [0.05, 0.1) is 24.7 Å². The summed E-state index contributed by atoms with van der Waals surface area (Å²) in [5.41, 5.74) is 2.69. The first-order chi connectivity index (χ1) is 14.6. The fraction of sp³-hybridized carbons (Fsp3) is 0.350. The number of aromatic nitrogens is 3. The molecule has 30 heavy (non-hydrogen) atoms. The molecule has 0 unspecified atom stereocenters. The minimum absolute atomic E-state index is 0.00293. The Morgan fingerprint density at radius 1 is 1.03 bits per heavy atom. The van der Waals surface area contributed by atoms with Crippen LogP contribution in [0.3, 0.4) is 0 Å². The number of benzene rings is 1. The molecule has 1 aromatic carbocycles. The molecule has 0 amide bonds. The van der Waals surface area contributed by atoms with Crippen LogP contribution in [0.1, 0.15) is 16.8 Å². The standard InChI is InChI=1S/C20H23N5O3S2/c26-30(27,25-8-10-28-11-9-25)15-17-5-2-1-4-16(17)12-21-13-18-14-29-20(24-18)19-22-6-3-7-23-19/h1-7,14,21H,8-13,15H2. The second-order valence-electron chi connectivity index (χ2n) is 6.86. The molecule has 1 fully saturated rings. The lowest BCUT2D eigenvalue weighted by Gasteiger charge is -2.26. The number of ether oxygens (including phenoxy) is 1. The lowest BCUT2D eigenvalue weighted by Crippen LogP contribution is -2.41. The largest absolute Gasteiger partial charge is 0.379 e. The highest BCUT2D eigenvalue weighted by molar-refractivity contribution is 7.88. The van der Waals surface area contributed by atoms with Crippen LogP contribution in [0.15, 0.2) is 48.1 Å². The van der Waals surface area contributed by atoms with E-state index in [0.29, 0.717) is 45.2 Å². The van der Waals surface area contributed by atoms with E-state index < -0.39 is 10.0 Å². The summed E-state index contributed by atoms with van der Waals surface area (Å²) < 4.78 is 32.3. The van der Waals surface area contributed by atoms with E-state index in [2.05, 4.69) is 20.3 Å². The van der Waals surface area contributed by atoms with E-state index in [1.54, 1.807) is 18.5 Å². The molecule has 0 bridgehead atoms. The van der Waals surface area contributed by atoms with Crippen LogP contribution in [0.25, 0.3) is 10.8 Å². The zero-order valence-corrected chi connectivity index (χ0v) is 18.0. The number of hydrogen-bond donors (Lipinski definition) is 1. The molecule has 1 saturated heterocycles. The van der Waals surface area contributed by atoms with Gasteiger partial charge in [-0.15, -0.1) is 11.3 Å². The fourth-order valence-electron chi connectivity index (χ4n) is 3.21. The Morgan fingerprint density at radius 2 is 1.77 bits per heavy atom. The predicted octanol–water partition coefficient (Wildman–Crippen LogP) is 2.05. The molecule has 8 nitrogen and oxygen atoms in total.